The highest BCUT2D eigenvalue weighted by Crippen LogP contribution is 2.70. The van der Waals surface area contributed by atoms with Crippen molar-refractivity contribution in [1.29, 1.82) is 0 Å². The van der Waals surface area contributed by atoms with E-state index in [-0.39, 0.29) is 17.6 Å². The molecule has 18 atom stereocenters. The fourth-order valence-electron chi connectivity index (χ4n) is 18.6. The van der Waals surface area contributed by atoms with Crippen LogP contribution in [0.2, 0.25) is 0 Å². The molecule has 58 heavy (non-hydrogen) atoms. The van der Waals surface area contributed by atoms with Crippen LogP contribution in [0.4, 0.5) is 0 Å². The Balaban J connectivity index is 0.000000177. The van der Waals surface area contributed by atoms with E-state index in [4.69, 9.17) is 0 Å². The number of hydrogen-bond donors (Lipinski definition) is 2. The van der Waals surface area contributed by atoms with Crippen LogP contribution in [0.25, 0.3) is 0 Å². The third kappa shape index (κ3) is 8.17. The largest absolute Gasteiger partial charge is 0.393 e. The summed E-state index contributed by atoms with van der Waals surface area (Å²) in [6.07, 6.45) is 33.7. The smallest absolute Gasteiger partial charge is 0.0599 e. The first-order valence-electron chi connectivity index (χ1n) is 26.5. The Hall–Kier alpha value is -0.340. The maximum Gasteiger partial charge on any atom is 0.0599 e. The molecule has 2 unspecified atom stereocenters. The molecule has 0 radical (unpaired) electrons. The van der Waals surface area contributed by atoms with E-state index in [9.17, 15) is 10.2 Å². The summed E-state index contributed by atoms with van der Waals surface area (Å²) < 4.78 is 0. The first-order valence-corrected chi connectivity index (χ1v) is 26.5. The molecule has 0 spiro atoms. The van der Waals surface area contributed by atoms with Crippen molar-refractivity contribution in [2.24, 2.45) is 105 Å². The zero-order chi connectivity index (χ0) is 41.8. The monoisotopic (exact) mass is 803 g/mol. The highest BCUT2D eigenvalue weighted by atomic mass is 16.3. The van der Waals surface area contributed by atoms with Crippen molar-refractivity contribution in [1.82, 2.24) is 0 Å². The van der Waals surface area contributed by atoms with E-state index in [1.165, 1.54) is 128 Å². The van der Waals surface area contributed by atoms with Crippen LogP contribution in [-0.4, -0.2) is 22.4 Å². The highest BCUT2D eigenvalue weighted by Gasteiger charge is 2.62. The molecule has 334 valence electrons. The summed E-state index contributed by atoms with van der Waals surface area (Å²) in [5.41, 5.74) is 3.40. The summed E-state index contributed by atoms with van der Waals surface area (Å²) in [6, 6.07) is 0. The maximum absolute atomic E-state index is 11.1. The second-order valence-corrected chi connectivity index (χ2v) is 25.3. The van der Waals surface area contributed by atoms with E-state index in [0.717, 1.165) is 102 Å². The quantitative estimate of drug-likeness (QED) is 0.204. The van der Waals surface area contributed by atoms with Gasteiger partial charge in [0.25, 0.3) is 0 Å². The van der Waals surface area contributed by atoms with Crippen LogP contribution in [0.1, 0.15) is 224 Å². The molecule has 0 amide bonds. The number of rotatable bonds is 11. The first kappa shape index (κ1) is 45.7. The van der Waals surface area contributed by atoms with Gasteiger partial charge in [-0.25, -0.2) is 0 Å². The number of hydrogen-bond acceptors (Lipinski definition) is 2. The topological polar surface area (TPSA) is 40.5 Å². The van der Waals surface area contributed by atoms with Gasteiger partial charge in [-0.2, -0.15) is 0 Å². The van der Waals surface area contributed by atoms with Gasteiger partial charge in [0, 0.05) is 0 Å². The van der Waals surface area contributed by atoms with E-state index >= 15 is 0 Å². The molecular weight excluding hydrogens is 705 g/mol. The molecule has 7 fully saturated rings. The van der Waals surface area contributed by atoms with Crippen molar-refractivity contribution >= 4 is 0 Å². The van der Waals surface area contributed by atoms with Gasteiger partial charge in [-0.15, -0.1) is 0 Å². The van der Waals surface area contributed by atoms with Crippen LogP contribution >= 0.6 is 0 Å². The molecule has 2 N–H and O–H groups in total. The second-order valence-electron chi connectivity index (χ2n) is 25.3. The Labute approximate surface area is 361 Å². The predicted octanol–water partition coefficient (Wildman–Crippen LogP) is 15.5. The number of fused-ring (bicyclic) bond motifs is 10. The van der Waals surface area contributed by atoms with Crippen LogP contribution < -0.4 is 0 Å². The van der Waals surface area contributed by atoms with Gasteiger partial charge in [0.1, 0.15) is 0 Å². The summed E-state index contributed by atoms with van der Waals surface area (Å²) in [7, 11) is 0. The minimum Gasteiger partial charge on any atom is -0.393 e. The first-order chi connectivity index (χ1) is 27.5. The third-order valence-electron chi connectivity index (χ3n) is 22.2. The molecule has 8 rings (SSSR count). The van der Waals surface area contributed by atoms with Gasteiger partial charge in [0.05, 0.1) is 12.2 Å². The standard InChI is InChI=1S/C29H52O.C27H46O/c1-7-21(19(2)3)12-11-20(4)24-15-16-25-23-14-13-22-9-8-10-27(30)29(22,6)26(23)17-18-28(24,25)5;1-18(2)7-6-8-19(3)23-11-12-24-22-10-9-20-17-21(28)13-15-26(20,4)25(22)14-16-27(23,24)5/h19-27,30H,7-18H2,1-6H3;9,18-19,21-25,28H,6-8,10-17H2,1-5H3/t20-,21-,22?,23-,24-,25+,26+,27?,28-,29+;19-,21+,22+,23-,24+,25+,26+,27-/m11/s1. The van der Waals surface area contributed by atoms with Crippen LogP contribution in [0.3, 0.4) is 0 Å². The SMILES string of the molecule is CC(C)CCC[C@@H](C)[C@H]1CC[C@H]2[C@@H]3CC=C4C[C@@H](O)CC[C@]4(C)[C@H]3CC[C@]12C.CC[C@H](CC[C@@H](C)[C@H]1CC[C@H]2[C@H]3CCC4CCCC(O)[C@]4(C)[C@H]3CC[C@]12C)C(C)C. The number of allylic oxidation sites excluding steroid dienone is 1. The van der Waals surface area contributed by atoms with Crippen molar-refractivity contribution < 1.29 is 10.2 Å². The summed E-state index contributed by atoms with van der Waals surface area (Å²) in [5, 5.41) is 21.3. The minimum absolute atomic E-state index is 0.0356. The molecule has 2 heteroatoms. The lowest BCUT2D eigenvalue weighted by Gasteiger charge is -2.62. The van der Waals surface area contributed by atoms with Crippen molar-refractivity contribution in [3.05, 3.63) is 11.6 Å². The van der Waals surface area contributed by atoms with Gasteiger partial charge in [0.2, 0.25) is 0 Å². The molecule has 0 aromatic rings. The fraction of sp³-hybridized carbons (Fsp3) is 0.964. The Morgan fingerprint density at radius 1 is 0.621 bits per heavy atom. The lowest BCUT2D eigenvalue weighted by molar-refractivity contribution is -0.164. The number of aliphatic hydroxyl groups excluding tert-OH is 2. The van der Waals surface area contributed by atoms with Gasteiger partial charge in [-0.05, 0) is 214 Å². The zero-order valence-electron chi connectivity index (χ0n) is 40.5. The molecule has 0 saturated heterocycles. The molecule has 2 nitrogen and oxygen atoms in total. The molecule has 0 aromatic heterocycles. The van der Waals surface area contributed by atoms with Gasteiger partial charge in [-0.3, -0.25) is 0 Å². The van der Waals surface area contributed by atoms with E-state index < -0.39 is 0 Å². The van der Waals surface area contributed by atoms with Crippen LogP contribution in [0, 0.1) is 105 Å². The molecule has 8 aliphatic rings. The minimum atomic E-state index is -0.0766. The molecule has 0 aliphatic heterocycles. The summed E-state index contributed by atoms with van der Waals surface area (Å²) in [4.78, 5) is 0. The Morgan fingerprint density at radius 3 is 1.90 bits per heavy atom. The Bertz CT molecular complexity index is 1380. The molecule has 0 heterocycles. The number of aliphatic hydroxyl groups is 2. The zero-order valence-corrected chi connectivity index (χ0v) is 40.5. The van der Waals surface area contributed by atoms with Crippen LogP contribution in [0.5, 0.6) is 0 Å². The van der Waals surface area contributed by atoms with E-state index in [2.05, 4.69) is 82.2 Å². The van der Waals surface area contributed by atoms with E-state index in [0.29, 0.717) is 16.2 Å². The lowest BCUT2D eigenvalue weighted by atomic mass is 9.44. The normalized spacial score (nSPS) is 47.3. The van der Waals surface area contributed by atoms with Crippen molar-refractivity contribution in [2.45, 2.75) is 236 Å². The average Bonchev–Trinajstić information content (AvgIpc) is 3.72. The molecule has 0 bridgehead atoms. The van der Waals surface area contributed by atoms with E-state index in [1.54, 1.807) is 5.57 Å². The summed E-state index contributed by atoms with van der Waals surface area (Å²) in [5.74, 6) is 12.5. The van der Waals surface area contributed by atoms with Gasteiger partial charge in [-0.1, -0.05) is 126 Å². The van der Waals surface area contributed by atoms with Crippen molar-refractivity contribution in [3.63, 3.8) is 0 Å². The maximum atomic E-state index is 11.1. The molecule has 0 aromatic carbocycles. The average molecular weight is 803 g/mol. The van der Waals surface area contributed by atoms with Gasteiger partial charge >= 0.3 is 0 Å². The fourth-order valence-corrected chi connectivity index (χ4v) is 18.6. The molecular formula is C56H98O2. The van der Waals surface area contributed by atoms with Gasteiger partial charge in [0.15, 0.2) is 0 Å². The summed E-state index contributed by atoms with van der Waals surface area (Å²) in [6.45, 7) is 27.6. The van der Waals surface area contributed by atoms with E-state index in [1.807, 2.05) is 0 Å². The Kier molecular flexibility index (Phi) is 14.2. The van der Waals surface area contributed by atoms with Crippen molar-refractivity contribution in [2.75, 3.05) is 0 Å². The predicted molar refractivity (Wildman–Crippen MR) is 247 cm³/mol. The summed E-state index contributed by atoms with van der Waals surface area (Å²) >= 11 is 0. The Morgan fingerprint density at radius 2 is 1.26 bits per heavy atom. The lowest BCUT2D eigenvalue weighted by Crippen LogP contribution is -2.57. The van der Waals surface area contributed by atoms with Crippen LogP contribution in [0.15, 0.2) is 11.6 Å². The van der Waals surface area contributed by atoms with Gasteiger partial charge < -0.3 is 10.2 Å². The molecule has 7 saturated carbocycles. The molecule has 8 aliphatic carbocycles. The van der Waals surface area contributed by atoms with Crippen LogP contribution in [-0.2, 0) is 0 Å². The highest BCUT2D eigenvalue weighted by molar-refractivity contribution is 5.25. The second kappa shape index (κ2) is 18.0. The van der Waals surface area contributed by atoms with Crippen molar-refractivity contribution in [3.8, 4) is 0 Å². The third-order valence-corrected chi connectivity index (χ3v) is 22.2.